The second-order valence-electron chi connectivity index (χ2n) is 5.40. The van der Waals surface area contributed by atoms with Crippen LogP contribution in [0.25, 0.3) is 11.3 Å². The van der Waals surface area contributed by atoms with Crippen LogP contribution >= 0.6 is 0 Å². The molecule has 0 spiro atoms. The molecule has 0 bridgehead atoms. The quantitative estimate of drug-likeness (QED) is 0.940. The van der Waals surface area contributed by atoms with Gasteiger partial charge in [0.25, 0.3) is 0 Å². The van der Waals surface area contributed by atoms with Crippen LogP contribution in [0.4, 0.5) is 4.39 Å². The molecule has 0 aliphatic carbocycles. The van der Waals surface area contributed by atoms with Crippen LogP contribution in [0, 0.1) is 5.82 Å². The largest absolute Gasteiger partial charge is 0.439 e. The number of rotatable bonds is 4. The summed E-state index contributed by atoms with van der Waals surface area (Å²) in [6.07, 6.45) is 4.83. The van der Waals surface area contributed by atoms with Crippen molar-refractivity contribution in [1.82, 2.24) is 9.88 Å². The van der Waals surface area contributed by atoms with Crippen LogP contribution < -0.4 is 0 Å². The zero-order chi connectivity index (χ0) is 14.7. The first-order valence-electron chi connectivity index (χ1n) is 7.32. The van der Waals surface area contributed by atoms with E-state index in [4.69, 9.17) is 4.42 Å². The number of aromatic nitrogens is 1. The molecule has 4 nitrogen and oxygen atoms in total. The van der Waals surface area contributed by atoms with E-state index in [1.807, 2.05) is 0 Å². The average molecular weight is 290 g/mol. The van der Waals surface area contributed by atoms with Crippen molar-refractivity contribution < 1.29 is 13.9 Å². The zero-order valence-corrected chi connectivity index (χ0v) is 11.8. The first-order valence-corrected chi connectivity index (χ1v) is 7.32. The predicted molar refractivity (Wildman–Crippen MR) is 77.0 cm³/mol. The summed E-state index contributed by atoms with van der Waals surface area (Å²) in [5.41, 5.74) is 0.425. The second kappa shape index (κ2) is 6.37. The van der Waals surface area contributed by atoms with E-state index in [1.54, 1.807) is 24.4 Å². The van der Waals surface area contributed by atoms with E-state index in [-0.39, 0.29) is 18.5 Å². The maximum absolute atomic E-state index is 13.7. The Morgan fingerprint density at radius 1 is 1.33 bits per heavy atom. The summed E-state index contributed by atoms with van der Waals surface area (Å²) in [6, 6.07) is 6.67. The van der Waals surface area contributed by atoms with Gasteiger partial charge in [-0.2, -0.15) is 0 Å². The predicted octanol–water partition coefficient (Wildman–Crippen LogP) is 2.83. The Bertz CT molecular complexity index is 599. The van der Waals surface area contributed by atoms with Crippen molar-refractivity contribution in [2.24, 2.45) is 0 Å². The van der Waals surface area contributed by atoms with Gasteiger partial charge in [-0.1, -0.05) is 18.6 Å². The fraction of sp³-hybridized carbons (Fsp3) is 0.438. The van der Waals surface area contributed by atoms with Gasteiger partial charge in [-0.15, -0.1) is 0 Å². The highest BCUT2D eigenvalue weighted by Gasteiger charge is 2.23. The van der Waals surface area contributed by atoms with Crippen LogP contribution in [0.1, 0.15) is 25.2 Å². The molecule has 2 heterocycles. The number of hydrogen-bond acceptors (Lipinski definition) is 4. The van der Waals surface area contributed by atoms with E-state index in [9.17, 15) is 9.50 Å². The molecular weight excluding hydrogens is 271 g/mol. The monoisotopic (exact) mass is 290 g/mol. The van der Waals surface area contributed by atoms with Gasteiger partial charge >= 0.3 is 0 Å². The van der Waals surface area contributed by atoms with Crippen LogP contribution in [-0.2, 0) is 6.54 Å². The molecule has 1 aliphatic rings. The van der Waals surface area contributed by atoms with Gasteiger partial charge in [0.15, 0.2) is 5.76 Å². The third kappa shape index (κ3) is 3.14. The lowest BCUT2D eigenvalue weighted by Crippen LogP contribution is -2.41. The number of oxazole rings is 1. The van der Waals surface area contributed by atoms with E-state index < -0.39 is 0 Å². The van der Waals surface area contributed by atoms with Crippen LogP contribution in [-0.4, -0.2) is 34.2 Å². The number of halogens is 1. The third-order valence-corrected chi connectivity index (χ3v) is 3.99. The van der Waals surface area contributed by atoms with Gasteiger partial charge < -0.3 is 9.52 Å². The van der Waals surface area contributed by atoms with Crippen molar-refractivity contribution >= 4 is 0 Å². The minimum atomic E-state index is -0.314. The van der Waals surface area contributed by atoms with Crippen LogP contribution in [0.15, 0.2) is 34.9 Å². The minimum Gasteiger partial charge on any atom is -0.439 e. The van der Waals surface area contributed by atoms with Gasteiger partial charge in [0.1, 0.15) is 5.82 Å². The van der Waals surface area contributed by atoms with Gasteiger partial charge in [-0.3, -0.25) is 4.90 Å². The summed E-state index contributed by atoms with van der Waals surface area (Å²) in [5.74, 6) is 0.695. The number of nitrogens with zero attached hydrogens (tertiary/aromatic N) is 2. The summed E-state index contributed by atoms with van der Waals surface area (Å²) in [6.45, 7) is 1.64. The number of hydrogen-bond donors (Lipinski definition) is 1. The molecule has 1 saturated heterocycles. The van der Waals surface area contributed by atoms with Crippen molar-refractivity contribution in [2.45, 2.75) is 31.8 Å². The molecule has 5 heteroatoms. The minimum absolute atomic E-state index is 0.154. The van der Waals surface area contributed by atoms with Crippen molar-refractivity contribution in [2.75, 3.05) is 13.2 Å². The Morgan fingerprint density at radius 2 is 2.19 bits per heavy atom. The SMILES string of the molecule is OCC1CCCCN1Cc1ncc(-c2ccccc2F)o1. The zero-order valence-electron chi connectivity index (χ0n) is 11.8. The number of aliphatic hydroxyl groups excluding tert-OH is 1. The maximum atomic E-state index is 13.7. The van der Waals surface area contributed by atoms with Crippen molar-refractivity contribution in [3.05, 3.63) is 42.2 Å². The van der Waals surface area contributed by atoms with Crippen molar-refractivity contribution in [3.63, 3.8) is 0 Å². The number of piperidine rings is 1. The standard InChI is InChI=1S/C16H19FN2O2/c17-14-7-2-1-6-13(14)15-9-18-16(21-15)10-19-8-4-3-5-12(19)11-20/h1-2,6-7,9,12,20H,3-5,8,10-11H2. The molecule has 112 valence electrons. The molecule has 1 aliphatic heterocycles. The van der Waals surface area contributed by atoms with E-state index in [1.165, 1.54) is 6.07 Å². The lowest BCUT2D eigenvalue weighted by molar-refractivity contribution is 0.0770. The summed E-state index contributed by atoms with van der Waals surface area (Å²) >= 11 is 0. The highest BCUT2D eigenvalue weighted by molar-refractivity contribution is 5.56. The van der Waals surface area contributed by atoms with E-state index in [0.717, 1.165) is 25.8 Å². The highest BCUT2D eigenvalue weighted by Crippen LogP contribution is 2.25. The molecule has 1 N–H and O–H groups in total. The van der Waals surface area contributed by atoms with Gasteiger partial charge in [0.05, 0.1) is 24.9 Å². The lowest BCUT2D eigenvalue weighted by Gasteiger charge is -2.33. The highest BCUT2D eigenvalue weighted by atomic mass is 19.1. The number of benzene rings is 1. The first kappa shape index (κ1) is 14.2. The summed E-state index contributed by atoms with van der Waals surface area (Å²) in [4.78, 5) is 6.42. The summed E-state index contributed by atoms with van der Waals surface area (Å²) < 4.78 is 19.4. The van der Waals surface area contributed by atoms with Gasteiger partial charge in [0.2, 0.25) is 5.89 Å². The second-order valence-corrected chi connectivity index (χ2v) is 5.40. The molecule has 3 rings (SSSR count). The van der Waals surface area contributed by atoms with Crippen LogP contribution in [0.3, 0.4) is 0 Å². The molecule has 0 radical (unpaired) electrons. The Morgan fingerprint density at radius 3 is 3.00 bits per heavy atom. The average Bonchev–Trinajstić information content (AvgIpc) is 2.96. The fourth-order valence-electron chi connectivity index (χ4n) is 2.82. The lowest BCUT2D eigenvalue weighted by atomic mass is 10.0. The van der Waals surface area contributed by atoms with E-state index >= 15 is 0 Å². The molecule has 21 heavy (non-hydrogen) atoms. The Balaban J connectivity index is 1.75. The van der Waals surface area contributed by atoms with Gasteiger partial charge in [0, 0.05) is 6.04 Å². The molecule has 0 amide bonds. The summed E-state index contributed by atoms with van der Waals surface area (Å²) in [7, 11) is 0. The molecular formula is C16H19FN2O2. The van der Waals surface area contributed by atoms with E-state index in [0.29, 0.717) is 23.8 Å². The Kier molecular flexibility index (Phi) is 4.31. The van der Waals surface area contributed by atoms with Gasteiger partial charge in [-0.25, -0.2) is 9.37 Å². The normalized spacial score (nSPS) is 19.8. The molecule has 1 unspecified atom stereocenters. The Hall–Kier alpha value is -1.72. The first-order chi connectivity index (χ1) is 10.3. The van der Waals surface area contributed by atoms with E-state index in [2.05, 4.69) is 9.88 Å². The Labute approximate surface area is 123 Å². The molecule has 1 aromatic carbocycles. The third-order valence-electron chi connectivity index (χ3n) is 3.99. The van der Waals surface area contributed by atoms with Gasteiger partial charge in [-0.05, 0) is 31.5 Å². The van der Waals surface area contributed by atoms with Crippen molar-refractivity contribution in [1.29, 1.82) is 0 Å². The van der Waals surface area contributed by atoms with Crippen LogP contribution in [0.2, 0.25) is 0 Å². The van der Waals surface area contributed by atoms with Crippen molar-refractivity contribution in [3.8, 4) is 11.3 Å². The summed E-state index contributed by atoms with van der Waals surface area (Å²) in [5, 5.41) is 9.42. The topological polar surface area (TPSA) is 49.5 Å². The molecule has 1 aromatic heterocycles. The maximum Gasteiger partial charge on any atom is 0.209 e. The fourth-order valence-corrected chi connectivity index (χ4v) is 2.82. The smallest absolute Gasteiger partial charge is 0.209 e. The molecule has 0 saturated carbocycles. The number of aliphatic hydroxyl groups is 1. The van der Waals surface area contributed by atoms with Crippen LogP contribution in [0.5, 0.6) is 0 Å². The molecule has 1 fully saturated rings. The molecule has 1 atom stereocenters. The number of likely N-dealkylation sites (tertiary alicyclic amines) is 1. The molecule has 2 aromatic rings.